The molecule has 1 aliphatic heterocycles. The highest BCUT2D eigenvalue weighted by molar-refractivity contribution is 6.01. The van der Waals surface area contributed by atoms with Gasteiger partial charge in [0.05, 0.1) is 18.1 Å². The SMILES string of the molecule is CC(C)(C)OC(=O)N1CCN(c2ccc(NC(=O)C=Cc3ccco3)nc2)CC1. The zero-order valence-electron chi connectivity index (χ0n) is 16.9. The van der Waals surface area contributed by atoms with Crippen molar-refractivity contribution in [2.75, 3.05) is 36.4 Å². The van der Waals surface area contributed by atoms with Gasteiger partial charge in [0.2, 0.25) is 5.91 Å². The van der Waals surface area contributed by atoms with Crippen LogP contribution >= 0.6 is 0 Å². The summed E-state index contributed by atoms with van der Waals surface area (Å²) in [4.78, 5) is 32.3. The number of hydrogen-bond donors (Lipinski definition) is 1. The third-order valence-electron chi connectivity index (χ3n) is 4.24. The number of carbonyl (C=O) groups is 2. The van der Waals surface area contributed by atoms with E-state index in [2.05, 4.69) is 15.2 Å². The Bertz CT molecular complexity index is 846. The molecule has 0 aliphatic carbocycles. The van der Waals surface area contributed by atoms with Crippen LogP contribution in [0.2, 0.25) is 0 Å². The molecule has 1 saturated heterocycles. The molecule has 8 nitrogen and oxygen atoms in total. The Kier molecular flexibility index (Phi) is 6.21. The van der Waals surface area contributed by atoms with Crippen LogP contribution in [-0.2, 0) is 9.53 Å². The fraction of sp³-hybridized carbons (Fsp3) is 0.381. The summed E-state index contributed by atoms with van der Waals surface area (Å²) in [5.41, 5.74) is 0.448. The smallest absolute Gasteiger partial charge is 0.410 e. The number of aromatic nitrogens is 1. The van der Waals surface area contributed by atoms with Gasteiger partial charge in [0.1, 0.15) is 17.2 Å². The van der Waals surface area contributed by atoms with Crippen molar-refractivity contribution in [3.05, 3.63) is 48.6 Å². The van der Waals surface area contributed by atoms with Gasteiger partial charge in [0, 0.05) is 32.3 Å². The third kappa shape index (κ3) is 6.10. The number of anilines is 2. The first kappa shape index (κ1) is 20.4. The van der Waals surface area contributed by atoms with E-state index in [0.717, 1.165) is 5.69 Å². The lowest BCUT2D eigenvalue weighted by Gasteiger charge is -2.36. The minimum absolute atomic E-state index is 0.282. The van der Waals surface area contributed by atoms with Gasteiger partial charge in [-0.1, -0.05) is 0 Å². The molecule has 8 heteroatoms. The average molecular weight is 398 g/mol. The van der Waals surface area contributed by atoms with Gasteiger partial charge >= 0.3 is 6.09 Å². The van der Waals surface area contributed by atoms with Gasteiger partial charge in [-0.3, -0.25) is 4.79 Å². The maximum Gasteiger partial charge on any atom is 0.410 e. The lowest BCUT2D eigenvalue weighted by molar-refractivity contribution is -0.111. The van der Waals surface area contributed by atoms with Gasteiger partial charge < -0.3 is 24.3 Å². The Balaban J connectivity index is 1.49. The Labute approximate surface area is 170 Å². The standard InChI is InChI=1S/C21H26N4O4/c1-21(2,3)29-20(27)25-12-10-24(11-13-25)16-6-8-18(22-15-16)23-19(26)9-7-17-5-4-14-28-17/h4-9,14-15H,10-13H2,1-3H3,(H,22,23,26). The van der Waals surface area contributed by atoms with Crippen molar-refractivity contribution in [3.8, 4) is 0 Å². The number of nitrogens with zero attached hydrogens (tertiary/aromatic N) is 3. The van der Waals surface area contributed by atoms with Crippen LogP contribution in [0, 0.1) is 0 Å². The van der Waals surface area contributed by atoms with E-state index < -0.39 is 5.60 Å². The molecule has 2 aromatic rings. The molecule has 2 aromatic heterocycles. The second-order valence-corrected chi connectivity index (χ2v) is 7.69. The predicted octanol–water partition coefficient (Wildman–Crippen LogP) is 3.38. The number of furan rings is 1. The van der Waals surface area contributed by atoms with Gasteiger partial charge in [0.15, 0.2) is 0 Å². The highest BCUT2D eigenvalue weighted by Crippen LogP contribution is 2.18. The Morgan fingerprint density at radius 1 is 1.17 bits per heavy atom. The fourth-order valence-electron chi connectivity index (χ4n) is 2.83. The molecule has 2 amide bonds. The normalized spacial score (nSPS) is 14.9. The summed E-state index contributed by atoms with van der Waals surface area (Å²) in [7, 11) is 0. The number of carbonyl (C=O) groups excluding carboxylic acids is 2. The highest BCUT2D eigenvalue weighted by Gasteiger charge is 2.26. The van der Waals surface area contributed by atoms with Crippen LogP contribution in [-0.4, -0.2) is 53.7 Å². The van der Waals surface area contributed by atoms with E-state index in [1.165, 1.54) is 6.08 Å². The summed E-state index contributed by atoms with van der Waals surface area (Å²) >= 11 is 0. The molecule has 3 heterocycles. The van der Waals surface area contributed by atoms with Crippen molar-refractivity contribution in [2.24, 2.45) is 0 Å². The molecule has 0 radical (unpaired) electrons. The molecule has 154 valence electrons. The molecule has 1 N–H and O–H groups in total. The number of nitrogens with one attached hydrogen (secondary N) is 1. The Morgan fingerprint density at radius 3 is 2.52 bits per heavy atom. The minimum Gasteiger partial charge on any atom is -0.465 e. The first-order valence-electron chi connectivity index (χ1n) is 9.52. The lowest BCUT2D eigenvalue weighted by atomic mass is 10.2. The number of hydrogen-bond acceptors (Lipinski definition) is 6. The summed E-state index contributed by atoms with van der Waals surface area (Å²) in [6, 6.07) is 7.18. The van der Waals surface area contributed by atoms with Crippen LogP contribution in [0.1, 0.15) is 26.5 Å². The first-order chi connectivity index (χ1) is 13.8. The molecule has 0 atom stereocenters. The van der Waals surface area contributed by atoms with Crippen molar-refractivity contribution in [1.82, 2.24) is 9.88 Å². The summed E-state index contributed by atoms with van der Waals surface area (Å²) in [6.07, 6.45) is 5.97. The second kappa shape index (κ2) is 8.81. The van der Waals surface area contributed by atoms with Crippen LogP contribution in [0.15, 0.2) is 47.2 Å². The number of pyridine rings is 1. The van der Waals surface area contributed by atoms with E-state index in [4.69, 9.17) is 9.15 Å². The van der Waals surface area contributed by atoms with Crippen molar-refractivity contribution in [1.29, 1.82) is 0 Å². The van der Waals surface area contributed by atoms with Gasteiger partial charge in [0.25, 0.3) is 0 Å². The van der Waals surface area contributed by atoms with Gasteiger partial charge in [-0.15, -0.1) is 0 Å². The molecule has 0 bridgehead atoms. The zero-order chi connectivity index (χ0) is 20.9. The van der Waals surface area contributed by atoms with E-state index in [1.807, 2.05) is 26.8 Å². The summed E-state index contributed by atoms with van der Waals surface area (Å²) < 4.78 is 10.6. The number of amides is 2. The van der Waals surface area contributed by atoms with Gasteiger partial charge in [-0.25, -0.2) is 9.78 Å². The van der Waals surface area contributed by atoms with E-state index in [9.17, 15) is 9.59 Å². The first-order valence-corrected chi connectivity index (χ1v) is 9.52. The molecule has 0 aromatic carbocycles. The summed E-state index contributed by atoms with van der Waals surface area (Å²) in [5, 5.41) is 2.71. The van der Waals surface area contributed by atoms with Gasteiger partial charge in [-0.2, -0.15) is 0 Å². The maximum absolute atomic E-state index is 12.2. The molecule has 1 fully saturated rings. The third-order valence-corrected chi connectivity index (χ3v) is 4.24. The summed E-state index contributed by atoms with van der Waals surface area (Å²) in [6.45, 7) is 8.15. The number of rotatable bonds is 4. The quantitative estimate of drug-likeness (QED) is 0.795. The van der Waals surface area contributed by atoms with Crippen molar-refractivity contribution < 1.29 is 18.7 Å². The monoisotopic (exact) mass is 398 g/mol. The van der Waals surface area contributed by atoms with Crippen LogP contribution in [0.5, 0.6) is 0 Å². The van der Waals surface area contributed by atoms with E-state index >= 15 is 0 Å². The number of ether oxygens (including phenoxy) is 1. The average Bonchev–Trinajstić information content (AvgIpc) is 3.19. The second-order valence-electron chi connectivity index (χ2n) is 7.69. The zero-order valence-corrected chi connectivity index (χ0v) is 16.9. The molecular formula is C21H26N4O4. The fourth-order valence-corrected chi connectivity index (χ4v) is 2.83. The predicted molar refractivity (Wildman–Crippen MR) is 111 cm³/mol. The van der Waals surface area contributed by atoms with Crippen LogP contribution in [0.4, 0.5) is 16.3 Å². The molecule has 0 unspecified atom stereocenters. The molecular weight excluding hydrogens is 372 g/mol. The van der Waals surface area contributed by atoms with Crippen molar-refractivity contribution in [2.45, 2.75) is 26.4 Å². The van der Waals surface area contributed by atoms with Crippen LogP contribution in [0.25, 0.3) is 6.08 Å². The van der Waals surface area contributed by atoms with Crippen LogP contribution in [0.3, 0.4) is 0 Å². The minimum atomic E-state index is -0.494. The molecule has 29 heavy (non-hydrogen) atoms. The van der Waals surface area contributed by atoms with Crippen molar-refractivity contribution in [3.63, 3.8) is 0 Å². The van der Waals surface area contributed by atoms with E-state index in [0.29, 0.717) is 37.8 Å². The molecule has 1 aliphatic rings. The van der Waals surface area contributed by atoms with E-state index in [-0.39, 0.29) is 12.0 Å². The van der Waals surface area contributed by atoms with E-state index in [1.54, 1.807) is 41.6 Å². The maximum atomic E-state index is 12.2. The largest absolute Gasteiger partial charge is 0.465 e. The molecule has 0 saturated carbocycles. The van der Waals surface area contributed by atoms with Crippen molar-refractivity contribution >= 4 is 29.6 Å². The lowest BCUT2D eigenvalue weighted by Crippen LogP contribution is -2.50. The Morgan fingerprint density at radius 2 is 1.93 bits per heavy atom. The highest BCUT2D eigenvalue weighted by atomic mass is 16.6. The summed E-state index contributed by atoms with van der Waals surface area (Å²) in [5.74, 6) is 0.789. The molecule has 3 rings (SSSR count). The number of piperazine rings is 1. The Hall–Kier alpha value is -3.29. The van der Waals surface area contributed by atoms with Gasteiger partial charge in [-0.05, 0) is 51.1 Å². The van der Waals surface area contributed by atoms with Crippen LogP contribution < -0.4 is 10.2 Å². The topological polar surface area (TPSA) is 87.9 Å². The molecule has 0 spiro atoms.